The van der Waals surface area contributed by atoms with Gasteiger partial charge in [0.1, 0.15) is 0 Å². The summed E-state index contributed by atoms with van der Waals surface area (Å²) in [6.07, 6.45) is 1.11. The van der Waals surface area contributed by atoms with Crippen molar-refractivity contribution in [3.63, 3.8) is 0 Å². The zero-order valence-electron chi connectivity index (χ0n) is 13.2. The second-order valence-corrected chi connectivity index (χ2v) is 8.49. The summed E-state index contributed by atoms with van der Waals surface area (Å²) in [5.74, 6) is 0. The Morgan fingerprint density at radius 1 is 1.09 bits per heavy atom. The van der Waals surface area contributed by atoms with Gasteiger partial charge in [0.15, 0.2) is 0 Å². The van der Waals surface area contributed by atoms with E-state index in [1.807, 2.05) is 0 Å². The molecule has 0 spiro atoms. The minimum atomic E-state index is 0.372. The Morgan fingerprint density at radius 2 is 1.73 bits per heavy atom. The zero-order valence-corrected chi connectivity index (χ0v) is 14.9. The fraction of sp³-hybridized carbons (Fsp3) is 0.368. The Kier molecular flexibility index (Phi) is 5.32. The Morgan fingerprint density at radius 3 is 2.36 bits per heavy atom. The van der Waals surface area contributed by atoms with E-state index in [2.05, 4.69) is 79.6 Å². The van der Waals surface area contributed by atoms with E-state index in [-0.39, 0.29) is 0 Å². The molecule has 3 atom stereocenters. The van der Waals surface area contributed by atoms with Crippen LogP contribution in [0.5, 0.6) is 0 Å². The van der Waals surface area contributed by atoms with Gasteiger partial charge in [-0.1, -0.05) is 0 Å². The number of rotatable bonds is 5. The molecule has 1 fully saturated rings. The van der Waals surface area contributed by atoms with Gasteiger partial charge in [-0.25, -0.2) is 0 Å². The van der Waals surface area contributed by atoms with E-state index in [1.54, 1.807) is 0 Å². The van der Waals surface area contributed by atoms with Crippen molar-refractivity contribution in [2.75, 3.05) is 6.61 Å². The third-order valence-corrected chi connectivity index (χ3v) is 6.81. The number of hydrogen-bond donors (Lipinski definition) is 0. The third-order valence-electron chi connectivity index (χ3n) is 4.21. The van der Waals surface area contributed by atoms with E-state index >= 15 is 0 Å². The van der Waals surface area contributed by atoms with Crippen molar-refractivity contribution in [2.45, 2.75) is 37.2 Å². The van der Waals surface area contributed by atoms with Crippen LogP contribution >= 0.6 is 0 Å². The van der Waals surface area contributed by atoms with Gasteiger partial charge < -0.3 is 0 Å². The minimum absolute atomic E-state index is 0.372. The summed E-state index contributed by atoms with van der Waals surface area (Å²) in [6, 6.07) is 22.5. The van der Waals surface area contributed by atoms with Gasteiger partial charge in [-0.05, 0) is 0 Å². The predicted octanol–water partition coefficient (Wildman–Crippen LogP) is 3.59. The summed E-state index contributed by atoms with van der Waals surface area (Å²) in [7, 11) is 0. The molecule has 2 aromatic rings. The number of benzene rings is 2. The maximum absolute atomic E-state index is 6.11. The summed E-state index contributed by atoms with van der Waals surface area (Å²) in [5.41, 5.74) is 1.38. The zero-order chi connectivity index (χ0) is 15.4. The van der Waals surface area contributed by atoms with E-state index in [0.29, 0.717) is 31.9 Å². The second kappa shape index (κ2) is 7.43. The van der Waals surface area contributed by atoms with Crippen LogP contribution in [0.3, 0.4) is 0 Å². The van der Waals surface area contributed by atoms with Crippen LogP contribution in [0.4, 0.5) is 0 Å². The van der Waals surface area contributed by atoms with Crippen molar-refractivity contribution in [2.24, 2.45) is 0 Å². The van der Waals surface area contributed by atoms with E-state index in [4.69, 9.17) is 4.84 Å². The summed E-state index contributed by atoms with van der Waals surface area (Å²) in [6.45, 7) is 5.32. The molecule has 3 heteroatoms. The Hall–Kier alpha value is -1.12. The van der Waals surface area contributed by atoms with Crippen molar-refractivity contribution in [1.29, 1.82) is 0 Å². The number of nitrogens with zero attached hydrogens (tertiary/aromatic N) is 1. The quantitative estimate of drug-likeness (QED) is 0.756. The van der Waals surface area contributed by atoms with Crippen LogP contribution in [0, 0.1) is 0 Å². The van der Waals surface area contributed by atoms with Gasteiger partial charge >= 0.3 is 139 Å². The first kappa shape index (κ1) is 15.8. The fourth-order valence-electron chi connectivity index (χ4n) is 2.86. The van der Waals surface area contributed by atoms with Crippen molar-refractivity contribution >= 4 is 19.4 Å². The summed E-state index contributed by atoms with van der Waals surface area (Å²) < 4.78 is 1.45. The first-order chi connectivity index (χ1) is 10.8. The molecule has 22 heavy (non-hydrogen) atoms. The standard InChI is InChI=1S/C19H23NOSe/c1-3-15(2)20-19(16-10-6-4-7-11-16)18(14-21-20)22-17-12-8-5-9-13-17/h4-13,15,18-19H,3,14H2,1-2H3/t15?,18-,19+/m1/s1. The molecule has 0 N–H and O–H groups in total. The number of hydrogen-bond acceptors (Lipinski definition) is 2. The molecule has 2 aromatic carbocycles. The van der Waals surface area contributed by atoms with Crippen molar-refractivity contribution in [3.05, 3.63) is 66.2 Å². The maximum atomic E-state index is 6.11. The molecule has 0 radical (unpaired) electrons. The average molecular weight is 360 g/mol. The molecule has 0 aliphatic carbocycles. The van der Waals surface area contributed by atoms with Gasteiger partial charge in [0, 0.05) is 0 Å². The first-order valence-electron chi connectivity index (χ1n) is 7.97. The van der Waals surface area contributed by atoms with Crippen LogP contribution < -0.4 is 4.46 Å². The molecule has 0 bridgehead atoms. The van der Waals surface area contributed by atoms with Gasteiger partial charge in [0.05, 0.1) is 0 Å². The average Bonchev–Trinajstić information content (AvgIpc) is 2.99. The molecule has 1 heterocycles. The van der Waals surface area contributed by atoms with Crippen molar-refractivity contribution in [1.82, 2.24) is 5.06 Å². The molecule has 3 rings (SSSR count). The van der Waals surface area contributed by atoms with Crippen LogP contribution in [0.1, 0.15) is 31.9 Å². The topological polar surface area (TPSA) is 12.5 Å². The van der Waals surface area contributed by atoms with Crippen LogP contribution in [-0.4, -0.2) is 32.7 Å². The number of hydroxylamine groups is 2. The molecule has 0 aromatic heterocycles. The summed E-state index contributed by atoms with van der Waals surface area (Å²) >= 11 is 0.421. The molecule has 2 nitrogen and oxygen atoms in total. The molecule has 1 aliphatic rings. The van der Waals surface area contributed by atoms with Crippen molar-refractivity contribution < 1.29 is 4.84 Å². The fourth-order valence-corrected chi connectivity index (χ4v) is 5.38. The summed E-state index contributed by atoms with van der Waals surface area (Å²) in [5, 5.41) is 2.24. The van der Waals surface area contributed by atoms with E-state index in [0.717, 1.165) is 13.0 Å². The molecule has 1 aliphatic heterocycles. The van der Waals surface area contributed by atoms with E-state index in [1.165, 1.54) is 10.0 Å². The molecule has 1 saturated heterocycles. The molecular formula is C19H23NOSe. The Labute approximate surface area is 139 Å². The van der Waals surface area contributed by atoms with Crippen LogP contribution in [0.2, 0.25) is 4.82 Å². The van der Waals surface area contributed by atoms with E-state index < -0.39 is 0 Å². The molecular weight excluding hydrogens is 337 g/mol. The third kappa shape index (κ3) is 3.44. The van der Waals surface area contributed by atoms with Gasteiger partial charge in [-0.15, -0.1) is 0 Å². The molecule has 1 unspecified atom stereocenters. The molecule has 116 valence electrons. The van der Waals surface area contributed by atoms with Crippen LogP contribution in [0.15, 0.2) is 60.7 Å². The summed E-state index contributed by atoms with van der Waals surface area (Å²) in [4.78, 5) is 6.67. The predicted molar refractivity (Wildman–Crippen MR) is 92.3 cm³/mol. The van der Waals surface area contributed by atoms with Gasteiger partial charge in [0.2, 0.25) is 0 Å². The molecule has 0 amide bonds. The van der Waals surface area contributed by atoms with E-state index in [9.17, 15) is 0 Å². The van der Waals surface area contributed by atoms with Gasteiger partial charge in [0.25, 0.3) is 0 Å². The van der Waals surface area contributed by atoms with Crippen LogP contribution in [0.25, 0.3) is 0 Å². The SMILES string of the molecule is CCC(C)N1OC[C@@H]([Se]c2ccccc2)[C@@H]1c1ccccc1. The van der Waals surface area contributed by atoms with Gasteiger partial charge in [-0.3, -0.25) is 0 Å². The Balaban J connectivity index is 1.85. The van der Waals surface area contributed by atoms with Gasteiger partial charge in [-0.2, -0.15) is 0 Å². The monoisotopic (exact) mass is 361 g/mol. The van der Waals surface area contributed by atoms with Crippen LogP contribution in [-0.2, 0) is 4.84 Å². The Bertz CT molecular complexity index is 575. The second-order valence-electron chi connectivity index (χ2n) is 5.74. The normalized spacial score (nSPS) is 23.5. The first-order valence-corrected chi connectivity index (χ1v) is 9.82. The molecule has 0 saturated carbocycles. The van der Waals surface area contributed by atoms with Crippen molar-refractivity contribution in [3.8, 4) is 0 Å².